The van der Waals surface area contributed by atoms with Crippen molar-refractivity contribution in [3.05, 3.63) is 71.8 Å². The summed E-state index contributed by atoms with van der Waals surface area (Å²) in [6.45, 7) is 7.49. The van der Waals surface area contributed by atoms with Crippen molar-refractivity contribution in [1.29, 1.82) is 0 Å². The third-order valence-corrected chi connectivity index (χ3v) is 4.00. The molecule has 0 aliphatic heterocycles. The first kappa shape index (κ1) is 21.6. The van der Waals surface area contributed by atoms with E-state index >= 15 is 0 Å². The van der Waals surface area contributed by atoms with Crippen molar-refractivity contribution >= 4 is 11.9 Å². The predicted octanol–water partition coefficient (Wildman–Crippen LogP) is 3.83. The molecule has 2 atom stereocenters. The van der Waals surface area contributed by atoms with Crippen molar-refractivity contribution in [2.75, 3.05) is 6.61 Å². The summed E-state index contributed by atoms with van der Waals surface area (Å²) in [4.78, 5) is 25.5. The van der Waals surface area contributed by atoms with E-state index in [2.05, 4.69) is 5.32 Å². The van der Waals surface area contributed by atoms with Crippen LogP contribution in [0.5, 0.6) is 0 Å². The Morgan fingerprint density at radius 2 is 1.50 bits per heavy atom. The van der Waals surface area contributed by atoms with Gasteiger partial charge in [0.15, 0.2) is 0 Å². The molecule has 2 aromatic carbocycles. The van der Waals surface area contributed by atoms with Crippen molar-refractivity contribution in [3.63, 3.8) is 0 Å². The van der Waals surface area contributed by atoms with E-state index in [-0.39, 0.29) is 6.61 Å². The Bertz CT molecular complexity index is 753. The van der Waals surface area contributed by atoms with Crippen LogP contribution in [0.25, 0.3) is 0 Å². The molecule has 0 fully saturated rings. The fourth-order valence-electron chi connectivity index (χ4n) is 2.81. The van der Waals surface area contributed by atoms with Gasteiger partial charge in [-0.2, -0.15) is 0 Å². The van der Waals surface area contributed by atoms with Crippen LogP contribution in [0.15, 0.2) is 60.7 Å². The van der Waals surface area contributed by atoms with Crippen LogP contribution in [0.2, 0.25) is 0 Å². The second-order valence-corrected chi connectivity index (χ2v) is 7.54. The molecular weight excluding hydrogens is 354 g/mol. The van der Waals surface area contributed by atoms with E-state index in [4.69, 9.17) is 9.47 Å². The zero-order chi connectivity index (χ0) is 20.6. The third kappa shape index (κ3) is 6.82. The van der Waals surface area contributed by atoms with E-state index in [0.717, 1.165) is 11.1 Å². The van der Waals surface area contributed by atoms with E-state index in [1.807, 2.05) is 81.4 Å². The smallest absolute Gasteiger partial charge is 0.327 e. The van der Waals surface area contributed by atoms with Gasteiger partial charge >= 0.3 is 11.9 Å². The van der Waals surface area contributed by atoms with Crippen molar-refractivity contribution in [3.8, 4) is 0 Å². The summed E-state index contributed by atoms with van der Waals surface area (Å²) in [5.74, 6) is -0.822. The fraction of sp³-hybridized carbons (Fsp3) is 0.391. The molecule has 2 rings (SSSR count). The van der Waals surface area contributed by atoms with Gasteiger partial charge < -0.3 is 9.47 Å². The molecule has 1 N–H and O–H groups in total. The third-order valence-electron chi connectivity index (χ3n) is 4.00. The summed E-state index contributed by atoms with van der Waals surface area (Å²) in [6.07, 6.45) is 0.401. The summed E-state index contributed by atoms with van der Waals surface area (Å²) < 4.78 is 10.8. The van der Waals surface area contributed by atoms with E-state index in [1.54, 1.807) is 6.92 Å². The Morgan fingerprint density at radius 1 is 0.929 bits per heavy atom. The molecule has 0 saturated carbocycles. The van der Waals surface area contributed by atoms with Gasteiger partial charge in [0, 0.05) is 0 Å². The zero-order valence-electron chi connectivity index (χ0n) is 17.0. The molecule has 2 aromatic rings. The van der Waals surface area contributed by atoms with Crippen LogP contribution >= 0.6 is 0 Å². The lowest BCUT2D eigenvalue weighted by Gasteiger charge is -2.27. The van der Waals surface area contributed by atoms with Gasteiger partial charge in [-0.25, -0.2) is 4.79 Å². The summed E-state index contributed by atoms with van der Waals surface area (Å²) >= 11 is 0. The first-order chi connectivity index (χ1) is 13.3. The van der Waals surface area contributed by atoms with Gasteiger partial charge in [-0.05, 0) is 45.2 Å². The monoisotopic (exact) mass is 383 g/mol. The number of benzene rings is 2. The zero-order valence-corrected chi connectivity index (χ0v) is 17.0. The summed E-state index contributed by atoms with van der Waals surface area (Å²) in [5.41, 5.74) is 1.09. The highest BCUT2D eigenvalue weighted by Gasteiger charge is 2.31. The number of ether oxygens (including phenoxy) is 2. The molecule has 0 aliphatic rings. The van der Waals surface area contributed by atoms with E-state index < -0.39 is 29.6 Å². The van der Waals surface area contributed by atoms with E-state index in [0.29, 0.717) is 6.42 Å². The summed E-state index contributed by atoms with van der Waals surface area (Å²) in [6, 6.07) is 17.4. The minimum atomic E-state index is -0.762. The maximum Gasteiger partial charge on any atom is 0.327 e. The predicted molar refractivity (Wildman–Crippen MR) is 109 cm³/mol. The number of hydrogen-bond acceptors (Lipinski definition) is 5. The normalized spacial score (nSPS) is 13.4. The van der Waals surface area contributed by atoms with Crippen LogP contribution in [0.3, 0.4) is 0 Å². The lowest BCUT2D eigenvalue weighted by Crippen LogP contribution is -2.46. The molecule has 0 spiro atoms. The Kier molecular flexibility index (Phi) is 7.76. The van der Waals surface area contributed by atoms with Crippen LogP contribution < -0.4 is 5.32 Å². The van der Waals surface area contributed by atoms with E-state index in [1.165, 1.54) is 0 Å². The van der Waals surface area contributed by atoms with Crippen molar-refractivity contribution < 1.29 is 19.1 Å². The highest BCUT2D eigenvalue weighted by atomic mass is 16.6. The quantitative estimate of drug-likeness (QED) is 0.702. The topological polar surface area (TPSA) is 64.6 Å². The highest BCUT2D eigenvalue weighted by Crippen LogP contribution is 2.19. The number of hydrogen-bond donors (Lipinski definition) is 1. The van der Waals surface area contributed by atoms with Gasteiger partial charge in [-0.15, -0.1) is 0 Å². The number of carbonyl (C=O) groups is 2. The van der Waals surface area contributed by atoms with Crippen molar-refractivity contribution in [1.82, 2.24) is 5.32 Å². The largest absolute Gasteiger partial charge is 0.465 e. The van der Waals surface area contributed by atoms with Gasteiger partial charge in [0.05, 0.1) is 6.61 Å². The lowest BCUT2D eigenvalue weighted by molar-refractivity contribution is -0.158. The SMILES string of the molecule is CCOC(=O)C(NC(Cc1ccccc1)C(=O)OC(C)(C)C)c1ccccc1. The number of nitrogens with one attached hydrogen (secondary N) is 1. The average molecular weight is 383 g/mol. The fourth-order valence-corrected chi connectivity index (χ4v) is 2.81. The average Bonchev–Trinajstić information content (AvgIpc) is 2.65. The van der Waals surface area contributed by atoms with Gasteiger partial charge in [-0.3, -0.25) is 10.1 Å². The van der Waals surface area contributed by atoms with Crippen LogP contribution in [0.4, 0.5) is 0 Å². The molecule has 5 nitrogen and oxygen atoms in total. The molecule has 0 radical (unpaired) electrons. The standard InChI is InChI=1S/C23H29NO4/c1-5-27-22(26)20(18-14-10-7-11-15-18)24-19(21(25)28-23(2,3)4)16-17-12-8-6-9-13-17/h6-15,19-20,24H,5,16H2,1-4H3. The molecule has 2 unspecified atom stereocenters. The van der Waals surface area contributed by atoms with E-state index in [9.17, 15) is 9.59 Å². The van der Waals surface area contributed by atoms with Gasteiger partial charge in [0.1, 0.15) is 17.7 Å². The second-order valence-electron chi connectivity index (χ2n) is 7.54. The molecule has 0 aromatic heterocycles. The molecular formula is C23H29NO4. The highest BCUT2D eigenvalue weighted by molar-refractivity contribution is 5.81. The Balaban J connectivity index is 2.30. The summed E-state index contributed by atoms with van der Waals surface area (Å²) in [7, 11) is 0. The second kappa shape index (κ2) is 10.0. The molecule has 0 aliphatic carbocycles. The maximum absolute atomic E-state index is 12.9. The van der Waals surface area contributed by atoms with Crippen LogP contribution in [-0.2, 0) is 25.5 Å². The van der Waals surface area contributed by atoms with Crippen molar-refractivity contribution in [2.45, 2.75) is 51.8 Å². The Hall–Kier alpha value is -2.66. The molecule has 5 heteroatoms. The minimum absolute atomic E-state index is 0.264. The van der Waals surface area contributed by atoms with Crippen LogP contribution in [0, 0.1) is 0 Å². The van der Waals surface area contributed by atoms with Gasteiger partial charge in [-0.1, -0.05) is 60.7 Å². The molecule has 0 heterocycles. The first-order valence-electron chi connectivity index (χ1n) is 9.54. The van der Waals surface area contributed by atoms with Crippen molar-refractivity contribution in [2.24, 2.45) is 0 Å². The first-order valence-corrected chi connectivity index (χ1v) is 9.54. The minimum Gasteiger partial charge on any atom is -0.465 e. The number of carbonyl (C=O) groups excluding carboxylic acids is 2. The molecule has 0 bridgehead atoms. The molecule has 28 heavy (non-hydrogen) atoms. The Labute approximate surface area is 167 Å². The van der Waals surface area contributed by atoms with Crippen LogP contribution in [0.1, 0.15) is 44.9 Å². The van der Waals surface area contributed by atoms with Crippen LogP contribution in [-0.4, -0.2) is 30.2 Å². The van der Waals surface area contributed by atoms with Gasteiger partial charge in [0.2, 0.25) is 0 Å². The lowest BCUT2D eigenvalue weighted by atomic mass is 10.0. The molecule has 150 valence electrons. The molecule has 0 saturated heterocycles. The Morgan fingerprint density at radius 3 is 2.04 bits per heavy atom. The number of esters is 2. The maximum atomic E-state index is 12.9. The van der Waals surface area contributed by atoms with Gasteiger partial charge in [0.25, 0.3) is 0 Å². The molecule has 0 amide bonds. The number of rotatable bonds is 8. The summed E-state index contributed by atoms with van der Waals surface area (Å²) in [5, 5.41) is 3.18.